The summed E-state index contributed by atoms with van der Waals surface area (Å²) in [6.07, 6.45) is 3.29. The molecular formula is C39H43ClFN9O6. The zero-order valence-electron chi connectivity index (χ0n) is 30.7. The lowest BCUT2D eigenvalue weighted by molar-refractivity contribution is -0.134. The molecule has 0 spiro atoms. The van der Waals surface area contributed by atoms with Crippen molar-refractivity contribution in [1.82, 2.24) is 31.0 Å². The number of rotatable bonds is 10. The minimum Gasteiger partial charge on any atom is -0.490 e. The van der Waals surface area contributed by atoms with Crippen LogP contribution in [0.4, 0.5) is 15.9 Å². The largest absolute Gasteiger partial charge is 0.490 e. The molecule has 1 aromatic heterocycles. The second kappa shape index (κ2) is 17.6. The number of aromatic nitrogens is 2. The Bertz CT molecular complexity index is 1980. The van der Waals surface area contributed by atoms with Crippen LogP contribution in [0.5, 0.6) is 5.75 Å². The van der Waals surface area contributed by atoms with E-state index in [4.69, 9.17) is 26.3 Å². The zero-order chi connectivity index (χ0) is 39.2. The maximum atomic E-state index is 15.1. The van der Waals surface area contributed by atoms with Crippen LogP contribution in [0.2, 0.25) is 5.02 Å². The van der Waals surface area contributed by atoms with Crippen molar-refractivity contribution in [3.05, 3.63) is 76.2 Å². The fourth-order valence-corrected chi connectivity index (χ4v) is 7.73. The number of anilines is 2. The average Bonchev–Trinajstić information content (AvgIpc) is 3.20. The Morgan fingerprint density at radius 2 is 1.75 bits per heavy atom. The molecule has 1 saturated carbocycles. The number of carbonyl (C=O) groups excluding carboxylic acids is 4. The van der Waals surface area contributed by atoms with Gasteiger partial charge < -0.3 is 29.9 Å². The van der Waals surface area contributed by atoms with Crippen LogP contribution < -0.4 is 30.5 Å². The van der Waals surface area contributed by atoms with Crippen molar-refractivity contribution in [3.63, 3.8) is 0 Å². The number of nitrogens with one attached hydrogen (secondary N) is 3. The van der Waals surface area contributed by atoms with Gasteiger partial charge in [-0.2, -0.15) is 5.26 Å². The van der Waals surface area contributed by atoms with Crippen molar-refractivity contribution in [2.75, 3.05) is 62.2 Å². The maximum absolute atomic E-state index is 15.1. The topological polar surface area (TPSA) is 182 Å². The van der Waals surface area contributed by atoms with Crippen LogP contribution >= 0.6 is 11.6 Å². The molecule has 56 heavy (non-hydrogen) atoms. The number of carbonyl (C=O) groups is 4. The Balaban J connectivity index is 0.831. The van der Waals surface area contributed by atoms with Gasteiger partial charge in [0.1, 0.15) is 23.7 Å². The van der Waals surface area contributed by atoms with E-state index in [0.717, 1.165) is 38.8 Å². The number of piperidine rings is 1. The van der Waals surface area contributed by atoms with Gasteiger partial charge in [-0.3, -0.25) is 29.4 Å². The lowest BCUT2D eigenvalue weighted by Crippen LogP contribution is -2.53. The molecule has 0 radical (unpaired) electrons. The van der Waals surface area contributed by atoms with Crippen LogP contribution in [0.1, 0.15) is 64.9 Å². The van der Waals surface area contributed by atoms with Gasteiger partial charge in [0.05, 0.1) is 35.0 Å². The second-order valence-corrected chi connectivity index (χ2v) is 14.9. The highest BCUT2D eigenvalue weighted by Gasteiger charge is 2.30. The minimum atomic E-state index is -0.881. The van der Waals surface area contributed by atoms with Crippen LogP contribution in [0.15, 0.2) is 48.5 Å². The fraction of sp³-hybridized carbons (Fsp3) is 0.462. The van der Waals surface area contributed by atoms with Gasteiger partial charge in [0, 0.05) is 70.0 Å². The minimum absolute atomic E-state index is 0.00163. The Kier molecular flexibility index (Phi) is 12.2. The van der Waals surface area contributed by atoms with Crippen molar-refractivity contribution in [2.24, 2.45) is 0 Å². The highest BCUT2D eigenvalue weighted by atomic mass is 35.5. The van der Waals surface area contributed by atoms with Crippen molar-refractivity contribution in [3.8, 4) is 11.8 Å². The Morgan fingerprint density at radius 1 is 0.946 bits per heavy atom. The number of nitrogens with zero attached hydrogens (tertiary/aromatic N) is 6. The monoisotopic (exact) mass is 787 g/mol. The van der Waals surface area contributed by atoms with E-state index in [1.807, 2.05) is 12.1 Å². The normalized spacial score (nSPS) is 23.2. The van der Waals surface area contributed by atoms with Crippen molar-refractivity contribution < 1.29 is 33.0 Å². The summed E-state index contributed by atoms with van der Waals surface area (Å²) in [6.45, 7) is 5.31. The number of morpholine rings is 1. The number of ether oxygens (including phenoxy) is 2. The van der Waals surface area contributed by atoms with Gasteiger partial charge in [0.25, 0.3) is 11.8 Å². The summed E-state index contributed by atoms with van der Waals surface area (Å²) < 4.78 is 27.2. The van der Waals surface area contributed by atoms with Gasteiger partial charge in [0.15, 0.2) is 11.5 Å². The lowest BCUT2D eigenvalue weighted by atomic mass is 9.93. The SMILES string of the molecule is N#Cc1ccc(OC2CCC(NC(=O)c3ccc(N4CCO[C@H](CN5CCN(c6ccc(C(=O)N[C@H]7CCC(=O)NC7=O)c(F)c6)CC5)C4)nn3)CC2)cc1Cl. The van der Waals surface area contributed by atoms with E-state index in [1.165, 1.54) is 12.1 Å². The van der Waals surface area contributed by atoms with Gasteiger partial charge >= 0.3 is 0 Å². The summed E-state index contributed by atoms with van der Waals surface area (Å²) in [4.78, 5) is 55.6. The summed E-state index contributed by atoms with van der Waals surface area (Å²) in [7, 11) is 0. The number of hydrogen-bond donors (Lipinski definition) is 3. The van der Waals surface area contributed by atoms with Gasteiger partial charge in [-0.05, 0) is 74.6 Å². The molecule has 15 nitrogen and oxygen atoms in total. The van der Waals surface area contributed by atoms with E-state index in [2.05, 4.69) is 40.8 Å². The van der Waals surface area contributed by atoms with Crippen LogP contribution in [0.3, 0.4) is 0 Å². The van der Waals surface area contributed by atoms with E-state index in [-0.39, 0.29) is 48.3 Å². The molecule has 3 saturated heterocycles. The third-order valence-electron chi connectivity index (χ3n) is 10.7. The zero-order valence-corrected chi connectivity index (χ0v) is 31.5. The molecule has 2 atom stereocenters. The molecule has 3 aromatic rings. The first kappa shape index (κ1) is 38.9. The highest BCUT2D eigenvalue weighted by molar-refractivity contribution is 6.31. The van der Waals surface area contributed by atoms with Gasteiger partial charge in [0.2, 0.25) is 11.8 Å². The first-order chi connectivity index (χ1) is 27.1. The predicted molar refractivity (Wildman–Crippen MR) is 203 cm³/mol. The van der Waals surface area contributed by atoms with Gasteiger partial charge in [-0.15, -0.1) is 10.2 Å². The molecule has 1 aliphatic carbocycles. The molecule has 3 aliphatic heterocycles. The third-order valence-corrected chi connectivity index (χ3v) is 11.0. The van der Waals surface area contributed by atoms with E-state index < -0.39 is 29.6 Å². The van der Waals surface area contributed by atoms with Gasteiger partial charge in [-0.1, -0.05) is 11.6 Å². The van der Waals surface area contributed by atoms with Crippen LogP contribution in [-0.4, -0.2) is 115 Å². The lowest BCUT2D eigenvalue weighted by Gasteiger charge is -2.40. The number of piperazine rings is 1. The molecule has 7 rings (SSSR count). The first-order valence-corrected chi connectivity index (χ1v) is 19.3. The average molecular weight is 788 g/mol. The number of imide groups is 1. The summed E-state index contributed by atoms with van der Waals surface area (Å²) in [6, 6.07) is 14.2. The molecule has 17 heteroatoms. The van der Waals surface area contributed by atoms with Crippen molar-refractivity contribution in [2.45, 2.75) is 62.8 Å². The standard InChI is InChI=1S/C39H43ClFN9O6/c40-31-20-28(5-1-24(31)21-42)56-27-6-2-25(3-7-27)43-39(54)34-9-11-35(47-46-34)50-17-18-55-29(23-50)22-48-13-15-49(16-14-48)26-4-8-30(32(41)19-26)37(52)44-33-10-12-36(51)45-38(33)53/h1,4-5,8-9,11,19-20,25,27,29,33H,2-3,6-7,10,12-18,22-23H2,(H,43,54)(H,44,52)(H,45,51,53)/t25?,27?,29-,33+/m1/s1. The number of hydrogen-bond acceptors (Lipinski definition) is 12. The number of nitriles is 1. The molecule has 0 bridgehead atoms. The summed E-state index contributed by atoms with van der Waals surface area (Å²) in [5.74, 6) is -1.32. The van der Waals surface area contributed by atoms with E-state index in [0.29, 0.717) is 67.2 Å². The molecule has 4 aliphatic rings. The van der Waals surface area contributed by atoms with E-state index in [1.54, 1.807) is 30.3 Å². The van der Waals surface area contributed by atoms with Crippen molar-refractivity contribution >= 4 is 46.7 Å². The second-order valence-electron chi connectivity index (χ2n) is 14.5. The summed E-state index contributed by atoms with van der Waals surface area (Å²) in [5, 5.41) is 25.9. The number of halogens is 2. The number of benzene rings is 2. The molecule has 2 aromatic carbocycles. The fourth-order valence-electron chi connectivity index (χ4n) is 7.52. The Morgan fingerprint density at radius 3 is 2.45 bits per heavy atom. The molecular weight excluding hydrogens is 745 g/mol. The Hall–Kier alpha value is -5.37. The third kappa shape index (κ3) is 9.52. The van der Waals surface area contributed by atoms with Crippen LogP contribution in [-0.2, 0) is 14.3 Å². The highest BCUT2D eigenvalue weighted by Crippen LogP contribution is 2.28. The van der Waals surface area contributed by atoms with E-state index in [9.17, 15) is 19.2 Å². The predicted octanol–water partition coefficient (Wildman–Crippen LogP) is 2.82. The maximum Gasteiger partial charge on any atom is 0.272 e. The van der Waals surface area contributed by atoms with Crippen LogP contribution in [0, 0.1) is 17.1 Å². The smallest absolute Gasteiger partial charge is 0.272 e. The molecule has 3 N–H and O–H groups in total. The molecule has 4 fully saturated rings. The van der Waals surface area contributed by atoms with Crippen LogP contribution in [0.25, 0.3) is 0 Å². The summed E-state index contributed by atoms with van der Waals surface area (Å²) in [5.41, 5.74) is 1.17. The van der Waals surface area contributed by atoms with Gasteiger partial charge in [-0.25, -0.2) is 4.39 Å². The van der Waals surface area contributed by atoms with E-state index >= 15 is 4.39 Å². The van der Waals surface area contributed by atoms with Crippen molar-refractivity contribution in [1.29, 1.82) is 5.26 Å². The molecule has 4 amide bonds. The number of amides is 4. The quantitative estimate of drug-likeness (QED) is 0.256. The molecule has 4 heterocycles. The summed E-state index contributed by atoms with van der Waals surface area (Å²) >= 11 is 6.14. The molecule has 294 valence electrons. The first-order valence-electron chi connectivity index (χ1n) is 18.9. The Labute approximate surface area is 328 Å². The molecule has 0 unspecified atom stereocenters.